The van der Waals surface area contributed by atoms with Gasteiger partial charge in [0.15, 0.2) is 12.1 Å². The highest BCUT2D eigenvalue weighted by atomic mass is 16.8. The molecule has 5 atom stereocenters. The number of anilines is 1. The smallest absolute Gasteiger partial charge is 0.412 e. The molecule has 1 N–H and O–H groups in total. The second kappa shape index (κ2) is 15.8. The van der Waals surface area contributed by atoms with Crippen molar-refractivity contribution in [3.05, 3.63) is 29.8 Å². The summed E-state index contributed by atoms with van der Waals surface area (Å²) in [5.74, 6) is -0.563. The molecule has 4 aliphatic rings. The van der Waals surface area contributed by atoms with Crippen LogP contribution in [0, 0.1) is 6.92 Å². The third-order valence-electron chi connectivity index (χ3n) is 9.37. The van der Waals surface area contributed by atoms with Crippen molar-refractivity contribution < 1.29 is 28.5 Å². The summed E-state index contributed by atoms with van der Waals surface area (Å²) in [6.07, 6.45) is 14.9. The van der Waals surface area contributed by atoms with Crippen LogP contribution in [0.4, 0.5) is 10.5 Å². The van der Waals surface area contributed by atoms with Gasteiger partial charge in [-0.15, -0.1) is 0 Å². The van der Waals surface area contributed by atoms with Gasteiger partial charge in [-0.3, -0.25) is 10.2 Å². The Labute approximate surface area is 253 Å². The molecule has 8 nitrogen and oxygen atoms in total. The van der Waals surface area contributed by atoms with Gasteiger partial charge in [0.25, 0.3) is 0 Å². The number of hydrogen-bond acceptors (Lipinski definition) is 7. The van der Waals surface area contributed by atoms with Crippen LogP contribution in [0.1, 0.15) is 109 Å². The van der Waals surface area contributed by atoms with Crippen molar-refractivity contribution in [1.82, 2.24) is 4.90 Å². The molecule has 1 saturated carbocycles. The molecule has 4 fully saturated rings. The predicted octanol–water partition coefficient (Wildman–Crippen LogP) is 7.33. The van der Waals surface area contributed by atoms with Crippen LogP contribution in [-0.2, 0) is 23.7 Å². The van der Waals surface area contributed by atoms with E-state index in [4.69, 9.17) is 23.7 Å². The lowest BCUT2D eigenvalue weighted by Gasteiger charge is -2.36. The van der Waals surface area contributed by atoms with E-state index >= 15 is 0 Å². The summed E-state index contributed by atoms with van der Waals surface area (Å²) in [5.41, 5.74) is 1.85. The Kier molecular flexibility index (Phi) is 12.0. The van der Waals surface area contributed by atoms with Crippen molar-refractivity contribution in [3.63, 3.8) is 0 Å². The summed E-state index contributed by atoms with van der Waals surface area (Å²) >= 11 is 0. The minimum absolute atomic E-state index is 0.313. The summed E-state index contributed by atoms with van der Waals surface area (Å²) < 4.78 is 32.5. The summed E-state index contributed by atoms with van der Waals surface area (Å²) in [4.78, 5) is 15.5. The van der Waals surface area contributed by atoms with Gasteiger partial charge in [0.1, 0.15) is 24.4 Å². The molecule has 0 radical (unpaired) electrons. The lowest BCUT2D eigenvalue weighted by atomic mass is 9.94. The van der Waals surface area contributed by atoms with E-state index < -0.39 is 30.4 Å². The third-order valence-corrected chi connectivity index (χ3v) is 9.37. The fraction of sp³-hybridized carbons (Fsp3) is 0.794. The molecule has 1 aliphatic carbocycles. The molecule has 236 valence electrons. The number of likely N-dealkylation sites (tertiary alicyclic amines) is 1. The first-order chi connectivity index (χ1) is 20.5. The Hall–Kier alpha value is -1.71. The standard InChI is InChI=1S/C34H54N2O6/c1-3-4-5-6-7-8-9-15-24-38-30-29(40-32-31(30)41-34(42-32)20-11-10-12-21-34)28(25-36-22-13-14-23-36)39-33(37)35-27-18-16-26(2)17-19-27/h16-19,28-32H,3-15,20-25H2,1-2H3,(H,35,37)/t28-,29-,30-,31-,32-/m1/s1. The second-order valence-corrected chi connectivity index (χ2v) is 12.9. The first-order valence-corrected chi connectivity index (χ1v) is 16.9. The van der Waals surface area contributed by atoms with Crippen molar-refractivity contribution in [2.45, 2.75) is 147 Å². The van der Waals surface area contributed by atoms with Crippen molar-refractivity contribution >= 4 is 11.8 Å². The van der Waals surface area contributed by atoms with Gasteiger partial charge in [0, 0.05) is 31.7 Å². The number of carbonyl (C=O) groups excluding carboxylic acids is 1. The average molecular weight is 587 g/mol. The highest BCUT2D eigenvalue weighted by molar-refractivity contribution is 5.84. The lowest BCUT2D eigenvalue weighted by Crippen LogP contribution is -2.49. The first kappa shape index (κ1) is 31.7. The molecule has 1 aromatic rings. The summed E-state index contributed by atoms with van der Waals surface area (Å²) in [6.45, 7) is 7.53. The number of nitrogens with zero attached hydrogens (tertiary/aromatic N) is 1. The molecule has 1 aromatic carbocycles. The minimum atomic E-state index is -0.563. The molecule has 5 rings (SSSR count). The van der Waals surface area contributed by atoms with Gasteiger partial charge in [-0.1, -0.05) is 76.0 Å². The van der Waals surface area contributed by atoms with Crippen LogP contribution >= 0.6 is 0 Å². The van der Waals surface area contributed by atoms with Gasteiger partial charge in [0.05, 0.1) is 0 Å². The fourth-order valence-electron chi connectivity index (χ4n) is 6.98. The van der Waals surface area contributed by atoms with Crippen LogP contribution in [0.25, 0.3) is 0 Å². The average Bonchev–Trinajstić information content (AvgIpc) is 3.70. The predicted molar refractivity (Wildman–Crippen MR) is 164 cm³/mol. The number of fused-ring (bicyclic) bond motifs is 1. The van der Waals surface area contributed by atoms with Gasteiger partial charge >= 0.3 is 6.09 Å². The maximum atomic E-state index is 13.1. The van der Waals surface area contributed by atoms with Crippen LogP contribution in [0.5, 0.6) is 0 Å². The number of hydrogen-bond donors (Lipinski definition) is 1. The van der Waals surface area contributed by atoms with E-state index in [1.807, 2.05) is 31.2 Å². The van der Waals surface area contributed by atoms with E-state index in [1.165, 1.54) is 44.9 Å². The molecule has 42 heavy (non-hydrogen) atoms. The Morgan fingerprint density at radius 3 is 2.36 bits per heavy atom. The monoisotopic (exact) mass is 586 g/mol. The SMILES string of the molecule is CCCCCCCCCCO[C@H]1[C@H]2OC3(CCCCC3)O[C@H]2O[C@@H]1[C@@H](CN1CCCC1)OC(=O)Nc1ccc(C)cc1. The highest BCUT2D eigenvalue weighted by Gasteiger charge is 2.60. The number of amides is 1. The van der Waals surface area contributed by atoms with Crippen LogP contribution in [-0.4, -0.2) is 73.7 Å². The Balaban J connectivity index is 1.23. The molecule has 0 bridgehead atoms. The molecule has 8 heteroatoms. The van der Waals surface area contributed by atoms with Gasteiger partial charge in [-0.05, 0) is 64.3 Å². The van der Waals surface area contributed by atoms with E-state index in [2.05, 4.69) is 17.1 Å². The first-order valence-electron chi connectivity index (χ1n) is 16.9. The summed E-state index contributed by atoms with van der Waals surface area (Å²) in [7, 11) is 0. The topological polar surface area (TPSA) is 78.5 Å². The molecular formula is C34H54N2O6. The number of carbonyl (C=O) groups is 1. The van der Waals surface area contributed by atoms with E-state index in [0.29, 0.717) is 18.8 Å². The molecule has 3 heterocycles. The van der Waals surface area contributed by atoms with Gasteiger partial charge < -0.3 is 23.7 Å². The largest absolute Gasteiger partial charge is 0.442 e. The number of nitrogens with one attached hydrogen (secondary N) is 1. The Bertz CT molecular complexity index is 946. The van der Waals surface area contributed by atoms with Gasteiger partial charge in [-0.2, -0.15) is 0 Å². The Morgan fingerprint density at radius 1 is 0.952 bits per heavy atom. The minimum Gasteiger partial charge on any atom is -0.442 e. The van der Waals surface area contributed by atoms with E-state index in [-0.39, 0.29) is 12.2 Å². The van der Waals surface area contributed by atoms with Crippen LogP contribution in [0.2, 0.25) is 0 Å². The summed E-state index contributed by atoms with van der Waals surface area (Å²) in [6, 6.07) is 7.74. The van der Waals surface area contributed by atoms with Crippen LogP contribution in [0.3, 0.4) is 0 Å². The van der Waals surface area contributed by atoms with Crippen molar-refractivity contribution in [2.24, 2.45) is 0 Å². The maximum Gasteiger partial charge on any atom is 0.412 e. The molecule has 0 unspecified atom stereocenters. The van der Waals surface area contributed by atoms with Crippen LogP contribution < -0.4 is 5.32 Å². The molecule has 3 saturated heterocycles. The van der Waals surface area contributed by atoms with E-state index in [1.54, 1.807) is 0 Å². The fourth-order valence-corrected chi connectivity index (χ4v) is 6.98. The number of benzene rings is 1. The zero-order valence-corrected chi connectivity index (χ0v) is 26.0. The normalized spacial score (nSPS) is 27.8. The van der Waals surface area contributed by atoms with Crippen molar-refractivity contribution in [1.29, 1.82) is 0 Å². The molecular weight excluding hydrogens is 532 g/mol. The van der Waals surface area contributed by atoms with E-state index in [9.17, 15) is 4.79 Å². The zero-order chi connectivity index (χ0) is 29.2. The van der Waals surface area contributed by atoms with E-state index in [0.717, 1.165) is 70.0 Å². The maximum absolute atomic E-state index is 13.1. The molecule has 1 spiro atoms. The highest BCUT2D eigenvalue weighted by Crippen LogP contribution is 2.46. The Morgan fingerprint density at radius 2 is 1.64 bits per heavy atom. The lowest BCUT2D eigenvalue weighted by molar-refractivity contribution is -0.256. The quantitative estimate of drug-likeness (QED) is 0.216. The van der Waals surface area contributed by atoms with Crippen LogP contribution in [0.15, 0.2) is 24.3 Å². The molecule has 0 aromatic heterocycles. The molecule has 3 aliphatic heterocycles. The summed E-state index contributed by atoms with van der Waals surface area (Å²) in [5, 5.41) is 2.91. The third kappa shape index (κ3) is 8.69. The number of aryl methyl sites for hydroxylation is 1. The zero-order valence-electron chi connectivity index (χ0n) is 26.0. The van der Waals surface area contributed by atoms with Gasteiger partial charge in [0.2, 0.25) is 0 Å². The number of ether oxygens (including phenoxy) is 5. The molecule has 1 amide bonds. The van der Waals surface area contributed by atoms with Crippen molar-refractivity contribution in [3.8, 4) is 0 Å². The second-order valence-electron chi connectivity index (χ2n) is 12.9. The number of unbranched alkanes of at least 4 members (excludes halogenated alkanes) is 7. The van der Waals surface area contributed by atoms with Gasteiger partial charge in [-0.25, -0.2) is 4.79 Å². The number of rotatable bonds is 15. The van der Waals surface area contributed by atoms with Crippen molar-refractivity contribution in [2.75, 3.05) is 31.6 Å².